The maximum Gasteiger partial charge on any atom is 0.273 e. The summed E-state index contributed by atoms with van der Waals surface area (Å²) in [5, 5.41) is 0.436. The van der Waals surface area contributed by atoms with Gasteiger partial charge in [-0.25, -0.2) is 14.3 Å². The second-order valence-electron chi connectivity index (χ2n) is 8.76. The van der Waals surface area contributed by atoms with Crippen LogP contribution in [0.4, 0.5) is 10.1 Å². The van der Waals surface area contributed by atoms with E-state index in [2.05, 4.69) is 9.98 Å². The van der Waals surface area contributed by atoms with E-state index in [1.807, 2.05) is 0 Å². The highest BCUT2D eigenvalue weighted by atomic mass is 35.5. The van der Waals surface area contributed by atoms with Crippen LogP contribution in [-0.2, 0) is 11.3 Å². The van der Waals surface area contributed by atoms with Crippen molar-refractivity contribution in [1.29, 1.82) is 0 Å². The maximum atomic E-state index is 15.1. The zero-order valence-corrected chi connectivity index (χ0v) is 20.5. The molecule has 0 bridgehead atoms. The summed E-state index contributed by atoms with van der Waals surface area (Å²) in [6.45, 7) is -0.0177. The minimum atomic E-state index is -1.58. The molecule has 186 valence electrons. The number of fused-ring (bicyclic) bond motifs is 2. The zero-order chi connectivity index (χ0) is 26.4. The molecule has 2 aliphatic heterocycles. The SMILES string of the molecule is O=C1C(N2C(=O)c3ccccc3C2=O)N=C(c2ccccc2F)c2ccccc2N1Cc1cc(Cl)ccn1. The highest BCUT2D eigenvalue weighted by Gasteiger charge is 2.46. The number of pyridine rings is 1. The first-order valence-corrected chi connectivity index (χ1v) is 12.1. The van der Waals surface area contributed by atoms with Gasteiger partial charge in [-0.2, -0.15) is 0 Å². The van der Waals surface area contributed by atoms with E-state index in [1.165, 1.54) is 29.3 Å². The first-order valence-electron chi connectivity index (χ1n) is 11.7. The molecular formula is C29H18ClFN4O3. The van der Waals surface area contributed by atoms with Crippen LogP contribution in [0.25, 0.3) is 0 Å². The molecule has 0 N–H and O–H groups in total. The molecule has 7 nitrogen and oxygen atoms in total. The molecule has 0 spiro atoms. The van der Waals surface area contributed by atoms with E-state index in [0.717, 1.165) is 4.90 Å². The number of benzodiazepines with no additional fused rings is 1. The molecule has 1 unspecified atom stereocenters. The van der Waals surface area contributed by atoms with Gasteiger partial charge in [-0.05, 0) is 42.5 Å². The van der Waals surface area contributed by atoms with Gasteiger partial charge in [0, 0.05) is 22.3 Å². The van der Waals surface area contributed by atoms with Crippen molar-refractivity contribution in [1.82, 2.24) is 9.88 Å². The lowest BCUT2D eigenvalue weighted by molar-refractivity contribution is -0.122. The Morgan fingerprint density at radius 2 is 1.39 bits per heavy atom. The number of anilines is 1. The molecule has 0 radical (unpaired) electrons. The third-order valence-corrected chi connectivity index (χ3v) is 6.72. The highest BCUT2D eigenvalue weighted by Crippen LogP contribution is 2.34. The summed E-state index contributed by atoms with van der Waals surface area (Å²) in [7, 11) is 0. The molecule has 0 saturated heterocycles. The molecule has 3 amide bonds. The number of imide groups is 1. The third kappa shape index (κ3) is 3.86. The standard InChI is InChI=1S/C29H18ClFN4O3/c30-17-13-14-32-18(15-17)16-34-24-12-6-4-10-22(24)25(21-9-3-5-11-23(21)31)33-26(29(34)38)35-27(36)19-7-1-2-8-20(19)28(35)37/h1-15,26H,16H2. The fraction of sp³-hybridized carbons (Fsp3) is 0.0690. The maximum absolute atomic E-state index is 15.1. The number of para-hydroxylation sites is 1. The minimum Gasteiger partial charge on any atom is -0.302 e. The molecule has 0 aliphatic carbocycles. The Morgan fingerprint density at radius 1 is 0.789 bits per heavy atom. The lowest BCUT2D eigenvalue weighted by Crippen LogP contribution is -2.49. The quantitative estimate of drug-likeness (QED) is 0.356. The Labute approximate surface area is 221 Å². The molecule has 6 rings (SSSR count). The number of hydrogen-bond acceptors (Lipinski definition) is 5. The molecule has 9 heteroatoms. The number of aliphatic imine (C=N–C) groups is 1. The number of carbonyl (C=O) groups excluding carboxylic acids is 3. The number of nitrogens with zero attached hydrogens (tertiary/aromatic N) is 4. The summed E-state index contributed by atoms with van der Waals surface area (Å²) in [5.74, 6) is -2.49. The molecule has 1 aromatic heterocycles. The van der Waals surface area contributed by atoms with Crippen molar-refractivity contribution in [3.63, 3.8) is 0 Å². The van der Waals surface area contributed by atoms with Gasteiger partial charge in [0.15, 0.2) is 0 Å². The van der Waals surface area contributed by atoms with Gasteiger partial charge < -0.3 is 4.90 Å². The minimum absolute atomic E-state index is 0.0177. The van der Waals surface area contributed by atoms with Gasteiger partial charge in [0.1, 0.15) is 5.82 Å². The van der Waals surface area contributed by atoms with E-state index in [-0.39, 0.29) is 28.9 Å². The predicted molar refractivity (Wildman–Crippen MR) is 140 cm³/mol. The van der Waals surface area contributed by atoms with Crippen LogP contribution < -0.4 is 4.90 Å². The van der Waals surface area contributed by atoms with Crippen LogP contribution in [0.2, 0.25) is 5.02 Å². The van der Waals surface area contributed by atoms with Crippen LogP contribution in [0.3, 0.4) is 0 Å². The van der Waals surface area contributed by atoms with Crippen molar-refractivity contribution in [2.75, 3.05) is 4.90 Å². The average Bonchev–Trinajstić information content (AvgIpc) is 3.11. The van der Waals surface area contributed by atoms with Gasteiger partial charge >= 0.3 is 0 Å². The monoisotopic (exact) mass is 524 g/mol. The fourth-order valence-electron chi connectivity index (χ4n) is 4.74. The topological polar surface area (TPSA) is 82.9 Å². The van der Waals surface area contributed by atoms with E-state index in [0.29, 0.717) is 22.0 Å². The van der Waals surface area contributed by atoms with Crippen molar-refractivity contribution >= 4 is 40.7 Å². The highest BCUT2D eigenvalue weighted by molar-refractivity contribution is 6.30. The van der Waals surface area contributed by atoms with E-state index < -0.39 is 29.7 Å². The predicted octanol–water partition coefficient (Wildman–Crippen LogP) is 4.88. The molecule has 38 heavy (non-hydrogen) atoms. The van der Waals surface area contributed by atoms with Crippen LogP contribution in [0.15, 0.2) is 96.1 Å². The number of carbonyl (C=O) groups is 3. The van der Waals surface area contributed by atoms with Gasteiger partial charge in [0.25, 0.3) is 17.7 Å². The Balaban J connectivity index is 1.56. The number of hydrogen-bond donors (Lipinski definition) is 0. The van der Waals surface area contributed by atoms with Crippen molar-refractivity contribution in [3.8, 4) is 0 Å². The number of amides is 3. The largest absolute Gasteiger partial charge is 0.302 e. The molecule has 3 heterocycles. The van der Waals surface area contributed by atoms with E-state index in [1.54, 1.807) is 66.7 Å². The van der Waals surface area contributed by atoms with Crippen LogP contribution in [0, 0.1) is 5.82 Å². The Morgan fingerprint density at radius 3 is 2.05 bits per heavy atom. The van der Waals surface area contributed by atoms with E-state index in [9.17, 15) is 14.4 Å². The Bertz CT molecular complexity index is 1640. The summed E-state index contributed by atoms with van der Waals surface area (Å²) in [6.07, 6.45) is -0.0574. The molecule has 2 aliphatic rings. The second kappa shape index (κ2) is 9.32. The number of rotatable bonds is 4. The smallest absolute Gasteiger partial charge is 0.273 e. The van der Waals surface area contributed by atoms with Crippen LogP contribution in [0.5, 0.6) is 0 Å². The Kier molecular flexibility index (Phi) is 5.81. The summed E-state index contributed by atoms with van der Waals surface area (Å²) < 4.78 is 15.1. The van der Waals surface area contributed by atoms with Crippen LogP contribution in [-0.4, -0.2) is 39.5 Å². The first-order chi connectivity index (χ1) is 18.4. The van der Waals surface area contributed by atoms with Crippen LogP contribution >= 0.6 is 11.6 Å². The number of aromatic nitrogens is 1. The molecule has 0 fully saturated rings. The normalized spacial score (nSPS) is 16.7. The van der Waals surface area contributed by atoms with Crippen molar-refractivity contribution in [2.45, 2.75) is 12.7 Å². The number of benzene rings is 3. The molecule has 0 saturated carbocycles. The number of halogens is 2. The summed E-state index contributed by atoms with van der Waals surface area (Å²) in [4.78, 5) is 52.2. The summed E-state index contributed by atoms with van der Waals surface area (Å²) in [6, 6.07) is 22.5. The summed E-state index contributed by atoms with van der Waals surface area (Å²) in [5.41, 5.74) is 2.02. The van der Waals surface area contributed by atoms with Gasteiger partial charge in [0.2, 0.25) is 6.17 Å². The first kappa shape index (κ1) is 23.7. The second-order valence-corrected chi connectivity index (χ2v) is 9.20. The van der Waals surface area contributed by atoms with Crippen molar-refractivity contribution in [2.24, 2.45) is 4.99 Å². The van der Waals surface area contributed by atoms with Gasteiger partial charge in [-0.1, -0.05) is 54.1 Å². The van der Waals surface area contributed by atoms with Gasteiger partial charge in [-0.3, -0.25) is 19.4 Å². The third-order valence-electron chi connectivity index (χ3n) is 6.49. The molecule has 1 atom stereocenters. The van der Waals surface area contributed by atoms with Crippen molar-refractivity contribution < 1.29 is 18.8 Å². The van der Waals surface area contributed by atoms with Crippen molar-refractivity contribution in [3.05, 3.63) is 130 Å². The summed E-state index contributed by atoms with van der Waals surface area (Å²) >= 11 is 6.17. The lowest BCUT2D eigenvalue weighted by Gasteiger charge is -2.28. The lowest BCUT2D eigenvalue weighted by atomic mass is 9.99. The van der Waals surface area contributed by atoms with E-state index in [4.69, 9.17) is 11.6 Å². The van der Waals surface area contributed by atoms with Crippen LogP contribution in [0.1, 0.15) is 37.5 Å². The van der Waals surface area contributed by atoms with Gasteiger partial charge in [0.05, 0.1) is 34.8 Å². The fourth-order valence-corrected chi connectivity index (χ4v) is 4.92. The molecule has 4 aromatic rings. The van der Waals surface area contributed by atoms with Gasteiger partial charge in [-0.15, -0.1) is 0 Å². The average molecular weight is 525 g/mol. The Hall–Kier alpha value is -4.69. The molecule has 3 aromatic carbocycles. The zero-order valence-electron chi connectivity index (χ0n) is 19.7. The molecular weight excluding hydrogens is 507 g/mol. The van der Waals surface area contributed by atoms with E-state index >= 15 is 4.39 Å².